The second kappa shape index (κ2) is 10.8. The summed E-state index contributed by atoms with van der Waals surface area (Å²) in [5.74, 6) is 1.14. The zero-order chi connectivity index (χ0) is 23.1. The standard InChI is InChI=1S/C24H31NO6S/c1-18(2)15-24(26)25(17-22-5-4-14-30-22)16-19-6-8-21(9-7-19)31-32(27,28)23-12-10-20(29-3)11-13-23/h6-13,18,22H,4-5,14-17H2,1-3H3/t22-/m1/s1. The lowest BCUT2D eigenvalue weighted by Crippen LogP contribution is -2.37. The van der Waals surface area contributed by atoms with Crippen molar-refractivity contribution in [2.75, 3.05) is 20.3 Å². The smallest absolute Gasteiger partial charge is 0.339 e. The van der Waals surface area contributed by atoms with E-state index in [-0.39, 0.29) is 28.6 Å². The van der Waals surface area contributed by atoms with Crippen molar-refractivity contribution >= 4 is 16.0 Å². The lowest BCUT2D eigenvalue weighted by Gasteiger charge is -2.26. The maximum Gasteiger partial charge on any atom is 0.339 e. The molecule has 174 valence electrons. The van der Waals surface area contributed by atoms with Crippen molar-refractivity contribution in [1.82, 2.24) is 4.90 Å². The number of ether oxygens (including phenoxy) is 2. The fourth-order valence-corrected chi connectivity index (χ4v) is 4.49. The van der Waals surface area contributed by atoms with Gasteiger partial charge in [0.1, 0.15) is 16.4 Å². The largest absolute Gasteiger partial charge is 0.497 e. The van der Waals surface area contributed by atoms with Crippen LogP contribution in [0.3, 0.4) is 0 Å². The van der Waals surface area contributed by atoms with Gasteiger partial charge in [-0.25, -0.2) is 0 Å². The molecule has 7 nitrogen and oxygen atoms in total. The Balaban J connectivity index is 1.67. The quantitative estimate of drug-likeness (QED) is 0.497. The van der Waals surface area contributed by atoms with Crippen molar-refractivity contribution < 1.29 is 26.9 Å². The van der Waals surface area contributed by atoms with E-state index >= 15 is 0 Å². The average molecular weight is 462 g/mol. The molecule has 1 fully saturated rings. The highest BCUT2D eigenvalue weighted by Gasteiger charge is 2.23. The summed E-state index contributed by atoms with van der Waals surface area (Å²) in [5.41, 5.74) is 0.897. The monoisotopic (exact) mass is 461 g/mol. The summed E-state index contributed by atoms with van der Waals surface area (Å²) in [7, 11) is -2.44. The number of hydrogen-bond donors (Lipinski definition) is 0. The first-order chi connectivity index (χ1) is 15.3. The maximum atomic E-state index is 12.8. The average Bonchev–Trinajstić information content (AvgIpc) is 3.27. The maximum absolute atomic E-state index is 12.8. The molecule has 0 bridgehead atoms. The Morgan fingerprint density at radius 3 is 2.31 bits per heavy atom. The Morgan fingerprint density at radius 1 is 1.09 bits per heavy atom. The van der Waals surface area contributed by atoms with Gasteiger partial charge in [-0.2, -0.15) is 8.42 Å². The van der Waals surface area contributed by atoms with E-state index < -0.39 is 10.1 Å². The second-order valence-electron chi connectivity index (χ2n) is 8.36. The summed E-state index contributed by atoms with van der Waals surface area (Å²) in [6.45, 7) is 5.80. The molecule has 0 N–H and O–H groups in total. The van der Waals surface area contributed by atoms with Crippen LogP contribution in [0.5, 0.6) is 11.5 Å². The SMILES string of the molecule is COc1ccc(S(=O)(=O)Oc2ccc(CN(C[C@H]3CCCO3)C(=O)CC(C)C)cc2)cc1. The van der Waals surface area contributed by atoms with Crippen molar-refractivity contribution in [1.29, 1.82) is 0 Å². The molecule has 1 aliphatic rings. The van der Waals surface area contributed by atoms with E-state index in [1.54, 1.807) is 36.4 Å². The van der Waals surface area contributed by atoms with Gasteiger partial charge in [-0.3, -0.25) is 4.79 Å². The number of carbonyl (C=O) groups is 1. The van der Waals surface area contributed by atoms with Crippen LogP contribution >= 0.6 is 0 Å². The summed E-state index contributed by atoms with van der Waals surface area (Å²) >= 11 is 0. The van der Waals surface area contributed by atoms with Crippen LogP contribution in [0, 0.1) is 5.92 Å². The molecule has 0 spiro atoms. The first-order valence-corrected chi connectivity index (χ1v) is 12.2. The van der Waals surface area contributed by atoms with Gasteiger partial charge in [-0.1, -0.05) is 26.0 Å². The first kappa shape index (κ1) is 24.1. The third-order valence-electron chi connectivity index (χ3n) is 5.23. The van der Waals surface area contributed by atoms with E-state index in [4.69, 9.17) is 13.7 Å². The number of hydrogen-bond acceptors (Lipinski definition) is 6. The fourth-order valence-electron chi connectivity index (χ4n) is 3.56. The molecule has 0 aromatic heterocycles. The summed E-state index contributed by atoms with van der Waals surface area (Å²) < 4.78 is 41.1. The third kappa shape index (κ3) is 6.71. The van der Waals surface area contributed by atoms with Gasteiger partial charge in [0.25, 0.3) is 0 Å². The first-order valence-electron chi connectivity index (χ1n) is 10.8. The lowest BCUT2D eigenvalue weighted by molar-refractivity contribution is -0.134. The molecule has 32 heavy (non-hydrogen) atoms. The number of nitrogens with zero attached hydrogens (tertiary/aromatic N) is 1. The normalized spacial score (nSPS) is 16.2. The Kier molecular flexibility index (Phi) is 8.15. The van der Waals surface area contributed by atoms with E-state index in [0.29, 0.717) is 25.3 Å². The van der Waals surface area contributed by atoms with E-state index in [1.165, 1.54) is 19.2 Å². The highest BCUT2D eigenvalue weighted by atomic mass is 32.2. The van der Waals surface area contributed by atoms with Gasteiger partial charge < -0.3 is 18.6 Å². The summed E-state index contributed by atoms with van der Waals surface area (Å²) in [4.78, 5) is 14.6. The van der Waals surface area contributed by atoms with Crippen molar-refractivity contribution in [2.24, 2.45) is 5.92 Å². The van der Waals surface area contributed by atoms with Crippen LogP contribution < -0.4 is 8.92 Å². The lowest BCUT2D eigenvalue weighted by atomic mass is 10.1. The van der Waals surface area contributed by atoms with E-state index in [9.17, 15) is 13.2 Å². The third-order valence-corrected chi connectivity index (χ3v) is 6.50. The molecular weight excluding hydrogens is 430 g/mol. The summed E-state index contributed by atoms with van der Waals surface area (Å²) in [6.07, 6.45) is 2.53. The van der Waals surface area contributed by atoms with Gasteiger partial charge in [-0.05, 0) is 60.7 Å². The van der Waals surface area contributed by atoms with Gasteiger partial charge in [0.2, 0.25) is 5.91 Å². The highest BCUT2D eigenvalue weighted by Crippen LogP contribution is 2.23. The number of benzene rings is 2. The van der Waals surface area contributed by atoms with Gasteiger partial charge in [0.05, 0.1) is 13.2 Å². The van der Waals surface area contributed by atoms with Crippen molar-refractivity contribution in [3.8, 4) is 11.5 Å². The second-order valence-corrected chi connectivity index (χ2v) is 9.91. The van der Waals surface area contributed by atoms with Crippen LogP contribution in [-0.4, -0.2) is 45.6 Å². The van der Waals surface area contributed by atoms with E-state index in [1.807, 2.05) is 18.7 Å². The number of methoxy groups -OCH3 is 1. The van der Waals surface area contributed by atoms with Crippen molar-refractivity contribution in [3.63, 3.8) is 0 Å². The number of rotatable bonds is 10. The zero-order valence-electron chi connectivity index (χ0n) is 18.8. The topological polar surface area (TPSA) is 82.1 Å². The minimum Gasteiger partial charge on any atom is -0.497 e. The molecule has 1 heterocycles. The van der Waals surface area contributed by atoms with Gasteiger partial charge in [0.15, 0.2) is 0 Å². The minimum atomic E-state index is -3.95. The molecule has 0 aliphatic carbocycles. The van der Waals surface area contributed by atoms with Crippen LogP contribution in [0.25, 0.3) is 0 Å². The molecule has 8 heteroatoms. The molecule has 1 aliphatic heterocycles. The molecule has 0 radical (unpaired) electrons. The van der Waals surface area contributed by atoms with Crippen LogP contribution in [0.15, 0.2) is 53.4 Å². The predicted molar refractivity (Wildman–Crippen MR) is 121 cm³/mol. The Morgan fingerprint density at radius 2 is 1.75 bits per heavy atom. The summed E-state index contributed by atoms with van der Waals surface area (Å²) in [6, 6.07) is 12.8. The van der Waals surface area contributed by atoms with E-state index in [2.05, 4.69) is 0 Å². The van der Waals surface area contributed by atoms with Crippen molar-refractivity contribution in [3.05, 3.63) is 54.1 Å². The summed E-state index contributed by atoms with van der Waals surface area (Å²) in [5, 5.41) is 0. The Labute approximate surface area is 190 Å². The van der Waals surface area contributed by atoms with Gasteiger partial charge in [0, 0.05) is 26.1 Å². The minimum absolute atomic E-state index is 0.0457. The molecule has 3 rings (SSSR count). The van der Waals surface area contributed by atoms with Gasteiger partial charge in [-0.15, -0.1) is 0 Å². The number of amides is 1. The zero-order valence-corrected chi connectivity index (χ0v) is 19.6. The Bertz CT molecular complexity index is 980. The predicted octanol–water partition coefficient (Wildman–Crippen LogP) is 4.02. The van der Waals surface area contributed by atoms with Crippen LogP contribution in [0.2, 0.25) is 0 Å². The van der Waals surface area contributed by atoms with Gasteiger partial charge >= 0.3 is 10.1 Å². The van der Waals surface area contributed by atoms with Crippen LogP contribution in [-0.2, 0) is 26.2 Å². The molecule has 1 atom stereocenters. The molecule has 2 aromatic rings. The Hall–Kier alpha value is -2.58. The highest BCUT2D eigenvalue weighted by molar-refractivity contribution is 7.87. The van der Waals surface area contributed by atoms with Crippen LogP contribution in [0.1, 0.15) is 38.7 Å². The van der Waals surface area contributed by atoms with Crippen molar-refractivity contribution in [2.45, 2.75) is 50.7 Å². The molecule has 1 saturated heterocycles. The molecular formula is C24H31NO6S. The van der Waals surface area contributed by atoms with E-state index in [0.717, 1.165) is 25.0 Å². The van der Waals surface area contributed by atoms with Crippen LogP contribution in [0.4, 0.5) is 0 Å². The fraction of sp³-hybridized carbons (Fsp3) is 0.458. The number of carbonyl (C=O) groups excluding carboxylic acids is 1. The molecule has 2 aromatic carbocycles. The molecule has 1 amide bonds. The molecule has 0 unspecified atom stereocenters. The molecule has 0 saturated carbocycles.